The zero-order valence-electron chi connectivity index (χ0n) is 15.9. The topological polar surface area (TPSA) is 59.8 Å². The number of carbonyl (C=O) groups is 1. The second kappa shape index (κ2) is 8.23. The van der Waals surface area contributed by atoms with Crippen molar-refractivity contribution >= 4 is 28.8 Å². The third kappa shape index (κ3) is 4.39. The van der Waals surface area contributed by atoms with Crippen LogP contribution < -0.4 is 5.32 Å². The quantitative estimate of drug-likeness (QED) is 0.597. The van der Waals surface area contributed by atoms with E-state index in [2.05, 4.69) is 24.1 Å². The Morgan fingerprint density at radius 2 is 2.07 bits per heavy atom. The maximum Gasteiger partial charge on any atom is 0.270 e. The SMILES string of the molecule is CCC(C)n1cc(-c2ccnc(C(=O)NC(C)C)c2)c(-c2ccc(Cl)s2)n1. The molecule has 0 spiro atoms. The molecule has 5 nitrogen and oxygen atoms in total. The largest absolute Gasteiger partial charge is 0.349 e. The number of halogens is 1. The minimum atomic E-state index is -0.179. The summed E-state index contributed by atoms with van der Waals surface area (Å²) in [6, 6.07) is 7.91. The van der Waals surface area contributed by atoms with Crippen LogP contribution in [0.3, 0.4) is 0 Å². The second-order valence-corrected chi connectivity index (χ2v) is 8.51. The van der Waals surface area contributed by atoms with Gasteiger partial charge in [0.05, 0.1) is 9.21 Å². The molecule has 142 valence electrons. The normalized spacial score (nSPS) is 12.4. The first-order valence-electron chi connectivity index (χ1n) is 9.01. The third-order valence-corrected chi connectivity index (χ3v) is 5.54. The summed E-state index contributed by atoms with van der Waals surface area (Å²) < 4.78 is 2.70. The van der Waals surface area contributed by atoms with Gasteiger partial charge in [-0.25, -0.2) is 0 Å². The average molecular weight is 403 g/mol. The summed E-state index contributed by atoms with van der Waals surface area (Å²) in [6.07, 6.45) is 4.68. The van der Waals surface area contributed by atoms with Crippen LogP contribution in [-0.4, -0.2) is 26.7 Å². The number of nitrogens with one attached hydrogen (secondary N) is 1. The highest BCUT2D eigenvalue weighted by Gasteiger charge is 2.18. The molecule has 3 aromatic rings. The summed E-state index contributed by atoms with van der Waals surface area (Å²) in [6.45, 7) is 8.12. The van der Waals surface area contributed by atoms with E-state index in [1.807, 2.05) is 49.0 Å². The van der Waals surface area contributed by atoms with Crippen molar-refractivity contribution in [2.24, 2.45) is 0 Å². The van der Waals surface area contributed by atoms with Crippen LogP contribution >= 0.6 is 22.9 Å². The molecule has 0 bridgehead atoms. The van der Waals surface area contributed by atoms with E-state index in [0.717, 1.165) is 32.5 Å². The Bertz CT molecular complexity index is 947. The lowest BCUT2D eigenvalue weighted by Gasteiger charge is -2.09. The van der Waals surface area contributed by atoms with Crippen molar-refractivity contribution in [3.05, 3.63) is 46.7 Å². The number of aromatic nitrogens is 3. The lowest BCUT2D eigenvalue weighted by Crippen LogP contribution is -2.30. The Hall–Kier alpha value is -2.18. The molecule has 0 fully saturated rings. The fourth-order valence-electron chi connectivity index (χ4n) is 2.70. The molecule has 3 aromatic heterocycles. The van der Waals surface area contributed by atoms with Crippen molar-refractivity contribution in [2.75, 3.05) is 0 Å². The standard InChI is InChI=1S/C20H23ClN4OS/c1-5-13(4)25-11-15(19(24-25)17-6-7-18(21)27-17)14-8-9-22-16(10-14)20(26)23-12(2)3/h6-13H,5H2,1-4H3,(H,23,26). The van der Waals surface area contributed by atoms with Crippen LogP contribution in [0.1, 0.15) is 50.6 Å². The number of carbonyl (C=O) groups excluding carboxylic acids is 1. The molecule has 27 heavy (non-hydrogen) atoms. The smallest absolute Gasteiger partial charge is 0.270 e. The van der Waals surface area contributed by atoms with E-state index in [1.54, 1.807) is 6.20 Å². The van der Waals surface area contributed by atoms with Gasteiger partial charge in [-0.15, -0.1) is 11.3 Å². The molecule has 1 atom stereocenters. The molecular weight excluding hydrogens is 380 g/mol. The summed E-state index contributed by atoms with van der Waals surface area (Å²) in [4.78, 5) is 17.6. The summed E-state index contributed by atoms with van der Waals surface area (Å²) in [5.41, 5.74) is 3.14. The van der Waals surface area contributed by atoms with Crippen LogP contribution in [0, 0.1) is 0 Å². The highest BCUT2D eigenvalue weighted by atomic mass is 35.5. The Kier molecular flexibility index (Phi) is 5.97. The monoisotopic (exact) mass is 402 g/mol. The van der Waals surface area contributed by atoms with Gasteiger partial charge in [0.2, 0.25) is 0 Å². The van der Waals surface area contributed by atoms with Crippen molar-refractivity contribution in [1.29, 1.82) is 0 Å². The van der Waals surface area contributed by atoms with Crippen molar-refractivity contribution in [3.8, 4) is 21.7 Å². The molecule has 0 saturated heterocycles. The highest BCUT2D eigenvalue weighted by molar-refractivity contribution is 7.19. The number of hydrogen-bond acceptors (Lipinski definition) is 4. The molecule has 0 radical (unpaired) electrons. The van der Waals surface area contributed by atoms with Gasteiger partial charge in [-0.2, -0.15) is 5.10 Å². The fraction of sp³-hybridized carbons (Fsp3) is 0.350. The van der Waals surface area contributed by atoms with E-state index in [1.165, 1.54) is 11.3 Å². The van der Waals surface area contributed by atoms with Gasteiger partial charge in [0.1, 0.15) is 11.4 Å². The second-order valence-electron chi connectivity index (χ2n) is 6.79. The number of rotatable bonds is 6. The minimum Gasteiger partial charge on any atom is -0.349 e. The average Bonchev–Trinajstić information content (AvgIpc) is 3.27. The molecule has 1 unspecified atom stereocenters. The molecule has 0 aromatic carbocycles. The molecule has 1 N–H and O–H groups in total. The molecule has 3 rings (SSSR count). The number of hydrogen-bond donors (Lipinski definition) is 1. The van der Waals surface area contributed by atoms with Crippen LogP contribution in [0.25, 0.3) is 21.7 Å². The van der Waals surface area contributed by atoms with Gasteiger partial charge in [-0.05, 0) is 57.0 Å². The van der Waals surface area contributed by atoms with Gasteiger partial charge in [0, 0.05) is 30.0 Å². The molecule has 3 heterocycles. The number of amides is 1. The van der Waals surface area contributed by atoms with Crippen LogP contribution in [-0.2, 0) is 0 Å². The van der Waals surface area contributed by atoms with Crippen LogP contribution in [0.4, 0.5) is 0 Å². The molecule has 0 aliphatic heterocycles. The number of nitrogens with zero attached hydrogens (tertiary/aromatic N) is 3. The van der Waals surface area contributed by atoms with Crippen molar-refractivity contribution < 1.29 is 4.79 Å². The summed E-state index contributed by atoms with van der Waals surface area (Å²) >= 11 is 7.64. The molecular formula is C20H23ClN4OS. The predicted molar refractivity (Wildman–Crippen MR) is 111 cm³/mol. The van der Waals surface area contributed by atoms with Crippen molar-refractivity contribution in [2.45, 2.75) is 46.2 Å². The lowest BCUT2D eigenvalue weighted by atomic mass is 10.1. The molecule has 0 aliphatic carbocycles. The number of pyridine rings is 1. The van der Waals surface area contributed by atoms with Crippen LogP contribution in [0.2, 0.25) is 4.34 Å². The molecule has 1 amide bonds. The zero-order valence-corrected chi connectivity index (χ0v) is 17.4. The van der Waals surface area contributed by atoms with Crippen LogP contribution in [0.5, 0.6) is 0 Å². The Morgan fingerprint density at radius 1 is 1.30 bits per heavy atom. The molecule has 7 heteroatoms. The summed E-state index contributed by atoms with van der Waals surface area (Å²) in [7, 11) is 0. The zero-order chi connectivity index (χ0) is 19.6. The van der Waals surface area contributed by atoms with E-state index in [4.69, 9.17) is 16.7 Å². The highest BCUT2D eigenvalue weighted by Crippen LogP contribution is 2.37. The third-order valence-electron chi connectivity index (χ3n) is 4.30. The predicted octanol–water partition coefficient (Wildman–Crippen LogP) is 5.44. The van der Waals surface area contributed by atoms with Gasteiger partial charge in [0.15, 0.2) is 0 Å². The van der Waals surface area contributed by atoms with Crippen molar-refractivity contribution in [1.82, 2.24) is 20.1 Å². The number of thiophene rings is 1. The summed E-state index contributed by atoms with van der Waals surface area (Å²) in [5.74, 6) is -0.179. The van der Waals surface area contributed by atoms with E-state index in [-0.39, 0.29) is 18.0 Å². The van der Waals surface area contributed by atoms with Gasteiger partial charge < -0.3 is 5.32 Å². The first kappa shape index (κ1) is 19.6. The van der Waals surface area contributed by atoms with Gasteiger partial charge in [0.25, 0.3) is 5.91 Å². The van der Waals surface area contributed by atoms with Gasteiger partial charge in [-0.1, -0.05) is 18.5 Å². The minimum absolute atomic E-state index is 0.0555. The Labute approximate surface area is 168 Å². The van der Waals surface area contributed by atoms with Crippen molar-refractivity contribution in [3.63, 3.8) is 0 Å². The maximum atomic E-state index is 12.3. The van der Waals surface area contributed by atoms with E-state index >= 15 is 0 Å². The first-order chi connectivity index (χ1) is 12.9. The van der Waals surface area contributed by atoms with Gasteiger partial charge >= 0.3 is 0 Å². The van der Waals surface area contributed by atoms with Gasteiger partial charge in [-0.3, -0.25) is 14.5 Å². The van der Waals surface area contributed by atoms with E-state index in [9.17, 15) is 4.79 Å². The first-order valence-corrected chi connectivity index (χ1v) is 10.2. The molecule has 0 saturated carbocycles. The van der Waals surface area contributed by atoms with E-state index < -0.39 is 0 Å². The van der Waals surface area contributed by atoms with Crippen LogP contribution in [0.15, 0.2) is 36.7 Å². The molecule has 0 aliphatic rings. The lowest BCUT2D eigenvalue weighted by molar-refractivity contribution is 0.0938. The Morgan fingerprint density at radius 3 is 2.70 bits per heavy atom. The Balaban J connectivity index is 2.07. The van der Waals surface area contributed by atoms with E-state index in [0.29, 0.717) is 5.69 Å². The summed E-state index contributed by atoms with van der Waals surface area (Å²) in [5, 5.41) is 7.69. The maximum absolute atomic E-state index is 12.3. The fourth-order valence-corrected chi connectivity index (χ4v) is 3.74.